The summed E-state index contributed by atoms with van der Waals surface area (Å²) in [6.45, 7) is 2.29. The zero-order valence-corrected chi connectivity index (χ0v) is 14.3. The Morgan fingerprint density at radius 2 is 2.20 bits per heavy atom. The number of nitrogens with one attached hydrogen (secondary N) is 1. The Hall–Kier alpha value is -2.87. The number of benzene rings is 1. The van der Waals surface area contributed by atoms with Crippen molar-refractivity contribution in [3.8, 4) is 11.5 Å². The summed E-state index contributed by atoms with van der Waals surface area (Å²) in [5.74, 6) is 0.702. The second-order valence-electron chi connectivity index (χ2n) is 5.06. The first-order chi connectivity index (χ1) is 12.1. The molecule has 0 atom stereocenters. The maximum Gasteiger partial charge on any atom is 0.311 e. The molecule has 7 nitrogen and oxygen atoms in total. The molecule has 1 aliphatic heterocycles. The van der Waals surface area contributed by atoms with Gasteiger partial charge in [0.15, 0.2) is 16.6 Å². The van der Waals surface area contributed by atoms with Crippen molar-refractivity contribution in [2.24, 2.45) is 0 Å². The summed E-state index contributed by atoms with van der Waals surface area (Å²) in [4.78, 5) is 27.6. The minimum Gasteiger partial charge on any atom is -0.466 e. The number of hydrogen-bond donors (Lipinski definition) is 1. The lowest BCUT2D eigenvalue weighted by atomic mass is 10.2. The van der Waals surface area contributed by atoms with E-state index in [-0.39, 0.29) is 25.1 Å². The average molecular weight is 360 g/mol. The molecule has 8 heteroatoms. The lowest BCUT2D eigenvalue weighted by Crippen LogP contribution is -2.09. The van der Waals surface area contributed by atoms with Crippen LogP contribution in [-0.2, 0) is 20.7 Å². The van der Waals surface area contributed by atoms with E-state index in [0.29, 0.717) is 28.9 Å². The maximum atomic E-state index is 12.0. The second kappa shape index (κ2) is 7.80. The van der Waals surface area contributed by atoms with Crippen LogP contribution < -0.4 is 14.8 Å². The van der Waals surface area contributed by atoms with Crippen molar-refractivity contribution in [1.82, 2.24) is 4.98 Å². The topological polar surface area (TPSA) is 86.8 Å². The van der Waals surface area contributed by atoms with Crippen LogP contribution in [0.3, 0.4) is 0 Å². The van der Waals surface area contributed by atoms with Crippen LogP contribution in [0, 0.1) is 0 Å². The number of carbonyl (C=O) groups is 2. The Labute approximate surface area is 148 Å². The first-order valence-electron chi connectivity index (χ1n) is 7.63. The fourth-order valence-electron chi connectivity index (χ4n) is 2.14. The summed E-state index contributed by atoms with van der Waals surface area (Å²) in [5.41, 5.74) is 1.39. The molecule has 0 saturated carbocycles. The van der Waals surface area contributed by atoms with Gasteiger partial charge in [0.25, 0.3) is 0 Å². The number of amides is 1. The van der Waals surface area contributed by atoms with Gasteiger partial charge in [-0.2, -0.15) is 0 Å². The van der Waals surface area contributed by atoms with Gasteiger partial charge in [0.05, 0.1) is 18.7 Å². The highest BCUT2D eigenvalue weighted by Gasteiger charge is 2.12. The largest absolute Gasteiger partial charge is 0.466 e. The molecule has 1 aliphatic rings. The van der Waals surface area contributed by atoms with Crippen LogP contribution in [0.2, 0.25) is 0 Å². The minimum atomic E-state index is -0.339. The standard InChI is InChI=1S/C17H16N2O5S/c1-2-22-16(21)8-12-9-25-17(18-12)19-15(20)6-4-11-3-5-13-14(7-11)24-10-23-13/h3-7,9H,2,8,10H2,1H3,(H,18,19,20)/b6-4-. The molecule has 2 aromatic rings. The van der Waals surface area contributed by atoms with E-state index in [4.69, 9.17) is 14.2 Å². The molecule has 2 heterocycles. The Kier molecular flexibility index (Phi) is 5.30. The average Bonchev–Trinajstić information content (AvgIpc) is 3.22. The number of anilines is 1. The van der Waals surface area contributed by atoms with Crippen molar-refractivity contribution >= 4 is 34.4 Å². The molecule has 1 amide bonds. The quantitative estimate of drug-likeness (QED) is 0.629. The van der Waals surface area contributed by atoms with E-state index in [1.165, 1.54) is 17.4 Å². The van der Waals surface area contributed by atoms with Crippen LogP contribution in [0.1, 0.15) is 18.2 Å². The number of carbonyl (C=O) groups excluding carboxylic acids is 2. The smallest absolute Gasteiger partial charge is 0.311 e. The van der Waals surface area contributed by atoms with Gasteiger partial charge in [-0.25, -0.2) is 4.98 Å². The van der Waals surface area contributed by atoms with Crippen LogP contribution in [-0.4, -0.2) is 30.3 Å². The molecule has 0 radical (unpaired) electrons. The van der Waals surface area contributed by atoms with Gasteiger partial charge >= 0.3 is 5.97 Å². The van der Waals surface area contributed by atoms with E-state index in [9.17, 15) is 9.59 Å². The summed E-state index contributed by atoms with van der Waals surface area (Å²) in [7, 11) is 0. The van der Waals surface area contributed by atoms with E-state index < -0.39 is 0 Å². The van der Waals surface area contributed by atoms with Gasteiger partial charge in [0, 0.05) is 11.5 Å². The van der Waals surface area contributed by atoms with Crippen LogP contribution in [0.25, 0.3) is 6.08 Å². The summed E-state index contributed by atoms with van der Waals surface area (Å²) in [5, 5.41) is 4.81. The van der Waals surface area contributed by atoms with E-state index >= 15 is 0 Å². The molecule has 1 N–H and O–H groups in total. The predicted molar refractivity (Wildman–Crippen MR) is 92.7 cm³/mol. The Balaban J connectivity index is 1.55. The van der Waals surface area contributed by atoms with Crippen molar-refractivity contribution in [2.75, 3.05) is 18.7 Å². The highest BCUT2D eigenvalue weighted by Crippen LogP contribution is 2.32. The van der Waals surface area contributed by atoms with Crippen molar-refractivity contribution in [1.29, 1.82) is 0 Å². The summed E-state index contributed by atoms with van der Waals surface area (Å²) >= 11 is 1.25. The molecule has 0 spiro atoms. The van der Waals surface area contributed by atoms with E-state index in [1.807, 2.05) is 6.07 Å². The third-order valence-corrected chi connectivity index (χ3v) is 4.04. The van der Waals surface area contributed by atoms with Crippen LogP contribution in [0.5, 0.6) is 11.5 Å². The Morgan fingerprint density at radius 1 is 1.36 bits per heavy atom. The van der Waals surface area contributed by atoms with Gasteiger partial charge in [-0.15, -0.1) is 11.3 Å². The van der Waals surface area contributed by atoms with Crippen LogP contribution >= 0.6 is 11.3 Å². The number of rotatable bonds is 6. The zero-order valence-electron chi connectivity index (χ0n) is 13.5. The van der Waals surface area contributed by atoms with E-state index in [0.717, 1.165) is 5.56 Å². The SMILES string of the molecule is CCOC(=O)Cc1csc(NC(=O)/C=C\c2ccc3c(c2)OCO3)n1. The summed E-state index contributed by atoms with van der Waals surface area (Å²) in [6, 6.07) is 5.42. The molecule has 0 bridgehead atoms. The van der Waals surface area contributed by atoms with E-state index in [1.54, 1.807) is 30.5 Å². The van der Waals surface area contributed by atoms with Crippen LogP contribution in [0.15, 0.2) is 29.7 Å². The highest BCUT2D eigenvalue weighted by molar-refractivity contribution is 7.14. The van der Waals surface area contributed by atoms with Gasteiger partial charge in [0.1, 0.15) is 0 Å². The number of fused-ring (bicyclic) bond motifs is 1. The number of thiazole rings is 1. The van der Waals surface area contributed by atoms with Crippen molar-refractivity contribution in [3.63, 3.8) is 0 Å². The molecule has 25 heavy (non-hydrogen) atoms. The minimum absolute atomic E-state index is 0.0905. The number of ether oxygens (including phenoxy) is 3. The predicted octanol–water partition coefficient (Wildman–Crippen LogP) is 2.63. The van der Waals surface area contributed by atoms with E-state index in [2.05, 4.69) is 10.3 Å². The summed E-state index contributed by atoms with van der Waals surface area (Å²) < 4.78 is 15.4. The maximum absolute atomic E-state index is 12.0. The number of nitrogens with zero attached hydrogens (tertiary/aromatic N) is 1. The monoisotopic (exact) mass is 360 g/mol. The molecule has 1 aromatic heterocycles. The lowest BCUT2D eigenvalue weighted by Gasteiger charge is -1.99. The second-order valence-corrected chi connectivity index (χ2v) is 5.92. The fourth-order valence-corrected chi connectivity index (χ4v) is 2.85. The first-order valence-corrected chi connectivity index (χ1v) is 8.50. The first kappa shape index (κ1) is 17.0. The third-order valence-electron chi connectivity index (χ3n) is 3.24. The Morgan fingerprint density at radius 3 is 3.04 bits per heavy atom. The molecule has 3 rings (SSSR count). The molecular weight excluding hydrogens is 344 g/mol. The van der Waals surface area contributed by atoms with Crippen LogP contribution in [0.4, 0.5) is 5.13 Å². The molecule has 1 aromatic carbocycles. The fraction of sp³-hybridized carbons (Fsp3) is 0.235. The highest BCUT2D eigenvalue weighted by atomic mass is 32.1. The Bertz CT molecular complexity index is 815. The molecular formula is C17H16N2O5S. The van der Waals surface area contributed by atoms with Crippen molar-refractivity contribution in [2.45, 2.75) is 13.3 Å². The number of esters is 1. The normalized spacial score (nSPS) is 12.4. The molecule has 130 valence electrons. The number of hydrogen-bond acceptors (Lipinski definition) is 7. The molecule has 0 saturated heterocycles. The van der Waals surface area contributed by atoms with Gasteiger partial charge in [-0.05, 0) is 30.7 Å². The molecule has 0 fully saturated rings. The molecule has 0 unspecified atom stereocenters. The third kappa shape index (κ3) is 4.57. The summed E-state index contributed by atoms with van der Waals surface area (Å²) in [6.07, 6.45) is 3.17. The van der Waals surface area contributed by atoms with Gasteiger partial charge in [-0.3, -0.25) is 14.9 Å². The van der Waals surface area contributed by atoms with Gasteiger partial charge < -0.3 is 14.2 Å². The van der Waals surface area contributed by atoms with Crippen molar-refractivity contribution in [3.05, 3.63) is 40.9 Å². The molecule has 0 aliphatic carbocycles. The van der Waals surface area contributed by atoms with Gasteiger partial charge in [0.2, 0.25) is 12.7 Å². The lowest BCUT2D eigenvalue weighted by molar-refractivity contribution is -0.142. The number of aromatic nitrogens is 1. The van der Waals surface area contributed by atoms with Crippen molar-refractivity contribution < 1.29 is 23.8 Å². The zero-order chi connectivity index (χ0) is 17.6. The van der Waals surface area contributed by atoms with Gasteiger partial charge in [-0.1, -0.05) is 6.07 Å².